The molecule has 0 N–H and O–H groups in total. The Labute approximate surface area is 103 Å². The lowest BCUT2D eigenvalue weighted by Crippen LogP contribution is -2.08. The molecule has 0 spiro atoms. The number of rotatable bonds is 4. The minimum atomic E-state index is -0.241. The summed E-state index contributed by atoms with van der Waals surface area (Å²) in [6, 6.07) is 5.71. The van der Waals surface area contributed by atoms with Crippen LogP contribution >= 0.6 is 11.3 Å². The zero-order chi connectivity index (χ0) is 12.3. The molecule has 0 fully saturated rings. The molecule has 2 aromatic heterocycles. The van der Waals surface area contributed by atoms with E-state index in [0.29, 0.717) is 4.88 Å². The van der Waals surface area contributed by atoms with Gasteiger partial charge in [-0.05, 0) is 12.1 Å². The summed E-state index contributed by atoms with van der Waals surface area (Å²) in [6.07, 6.45) is 5.48. The smallest absolute Gasteiger partial charge is 0.176 e. The first-order valence-corrected chi connectivity index (χ1v) is 6.03. The largest absolute Gasteiger partial charge is 0.298 e. The van der Waals surface area contributed by atoms with Crippen LogP contribution in [0.25, 0.3) is 5.00 Å². The van der Waals surface area contributed by atoms with E-state index in [0.717, 1.165) is 5.00 Å². The summed E-state index contributed by atoms with van der Waals surface area (Å²) in [5, 5.41) is 9.53. The highest BCUT2D eigenvalue weighted by molar-refractivity contribution is 7.16. The molecule has 0 radical (unpaired) electrons. The molecule has 0 aliphatic rings. The van der Waals surface area contributed by atoms with Gasteiger partial charge in [-0.3, -0.25) is 9.36 Å². The Balaban J connectivity index is 2.19. The van der Waals surface area contributed by atoms with Crippen LogP contribution in [0.5, 0.6) is 0 Å². The molecule has 2 rings (SSSR count). The molecule has 4 nitrogen and oxygen atoms in total. The van der Waals surface area contributed by atoms with Crippen LogP contribution in [0.4, 0.5) is 0 Å². The van der Waals surface area contributed by atoms with Crippen molar-refractivity contribution in [3.8, 4) is 11.1 Å². The number of imidazole rings is 1. The van der Waals surface area contributed by atoms with Crippen LogP contribution in [0.3, 0.4) is 0 Å². The summed E-state index contributed by atoms with van der Waals surface area (Å²) in [4.78, 5) is 16.6. The van der Waals surface area contributed by atoms with Crippen molar-refractivity contribution in [3.05, 3.63) is 35.7 Å². The van der Waals surface area contributed by atoms with Gasteiger partial charge in [0.05, 0.1) is 17.3 Å². The number of thiophene rings is 1. The van der Waals surface area contributed by atoms with Gasteiger partial charge in [-0.15, -0.1) is 11.3 Å². The predicted molar refractivity (Wildman–Crippen MR) is 65.2 cm³/mol. The number of carbonyl (C=O) groups excluding carboxylic acids is 1. The first kappa shape index (κ1) is 11.6. The topological polar surface area (TPSA) is 58.7 Å². The van der Waals surface area contributed by atoms with Crippen LogP contribution in [0.15, 0.2) is 30.9 Å². The fourth-order valence-corrected chi connectivity index (χ4v) is 2.47. The maximum absolute atomic E-state index is 12.0. The van der Waals surface area contributed by atoms with Crippen molar-refractivity contribution < 1.29 is 4.79 Å². The van der Waals surface area contributed by atoms with Gasteiger partial charge >= 0.3 is 0 Å². The predicted octanol–water partition coefficient (Wildman–Crippen LogP) is 2.67. The lowest BCUT2D eigenvalue weighted by Gasteiger charge is -2.02. The van der Waals surface area contributed by atoms with Crippen molar-refractivity contribution in [1.29, 1.82) is 5.26 Å². The molecular formula is C12H11N3OS. The van der Waals surface area contributed by atoms with Crippen molar-refractivity contribution in [2.75, 3.05) is 0 Å². The highest BCUT2D eigenvalue weighted by atomic mass is 32.1. The van der Waals surface area contributed by atoms with Crippen LogP contribution < -0.4 is 0 Å². The normalized spacial score (nSPS) is 12.0. The summed E-state index contributed by atoms with van der Waals surface area (Å²) in [5.74, 6) is -0.211. The van der Waals surface area contributed by atoms with E-state index in [1.165, 1.54) is 11.3 Å². The fourth-order valence-electron chi connectivity index (χ4n) is 1.46. The number of nitriles is 1. The number of ketones is 1. The molecule has 0 aromatic carbocycles. The van der Waals surface area contributed by atoms with E-state index in [2.05, 4.69) is 4.98 Å². The van der Waals surface area contributed by atoms with E-state index in [4.69, 9.17) is 5.26 Å². The van der Waals surface area contributed by atoms with Gasteiger partial charge in [-0.25, -0.2) is 4.98 Å². The Bertz CT molecular complexity index is 551. The van der Waals surface area contributed by atoms with Crippen molar-refractivity contribution in [1.82, 2.24) is 9.55 Å². The molecule has 5 heteroatoms. The second-order valence-electron chi connectivity index (χ2n) is 3.74. The van der Waals surface area contributed by atoms with Crippen LogP contribution in [-0.4, -0.2) is 15.3 Å². The molecule has 1 atom stereocenters. The first-order chi connectivity index (χ1) is 8.22. The van der Waals surface area contributed by atoms with E-state index >= 15 is 0 Å². The number of aromatic nitrogens is 2. The van der Waals surface area contributed by atoms with Crippen LogP contribution in [0.2, 0.25) is 0 Å². The maximum atomic E-state index is 12.0. The second kappa shape index (κ2) is 4.93. The number of hydrogen-bond acceptors (Lipinski definition) is 4. The van der Waals surface area contributed by atoms with E-state index < -0.39 is 0 Å². The van der Waals surface area contributed by atoms with E-state index in [9.17, 15) is 4.79 Å². The lowest BCUT2D eigenvalue weighted by atomic mass is 10.0. The van der Waals surface area contributed by atoms with E-state index in [1.807, 2.05) is 22.9 Å². The van der Waals surface area contributed by atoms with Gasteiger partial charge in [-0.2, -0.15) is 5.26 Å². The zero-order valence-corrected chi connectivity index (χ0v) is 10.1. The Morgan fingerprint density at radius 1 is 1.65 bits per heavy atom. The lowest BCUT2D eigenvalue weighted by molar-refractivity contribution is 0.0936. The van der Waals surface area contributed by atoms with Gasteiger partial charge in [0.15, 0.2) is 5.78 Å². The molecule has 86 valence electrons. The fraction of sp³-hybridized carbons (Fsp3) is 0.250. The summed E-state index contributed by atoms with van der Waals surface area (Å²) in [5.41, 5.74) is 0. The Morgan fingerprint density at radius 2 is 2.47 bits per heavy atom. The minimum Gasteiger partial charge on any atom is -0.298 e. The number of nitrogens with zero attached hydrogens (tertiary/aromatic N) is 3. The first-order valence-electron chi connectivity index (χ1n) is 5.21. The zero-order valence-electron chi connectivity index (χ0n) is 9.33. The van der Waals surface area contributed by atoms with Crippen molar-refractivity contribution in [3.63, 3.8) is 0 Å². The molecule has 0 amide bonds. The monoisotopic (exact) mass is 245 g/mol. The van der Waals surface area contributed by atoms with Gasteiger partial charge in [0.25, 0.3) is 0 Å². The molecule has 17 heavy (non-hydrogen) atoms. The standard InChI is InChI=1S/C12H11N3OS/c1-9(4-5-13)12(16)10-2-3-11(17-10)15-7-6-14-8-15/h2-3,6-9H,4H2,1H3. The molecular weight excluding hydrogens is 234 g/mol. The summed E-state index contributed by atoms with van der Waals surface area (Å²) < 4.78 is 1.86. The molecule has 1 unspecified atom stereocenters. The minimum absolute atomic E-state index is 0.0305. The Kier molecular flexibility index (Phi) is 3.35. The number of carbonyl (C=O) groups is 1. The van der Waals surface area contributed by atoms with Crippen molar-refractivity contribution in [2.45, 2.75) is 13.3 Å². The average Bonchev–Trinajstić information content (AvgIpc) is 2.98. The third kappa shape index (κ3) is 2.43. The summed E-state index contributed by atoms with van der Waals surface area (Å²) >= 11 is 1.42. The molecule has 2 aromatic rings. The molecule has 0 saturated carbocycles. The van der Waals surface area contributed by atoms with Gasteiger partial charge in [0.1, 0.15) is 5.00 Å². The summed E-state index contributed by atoms with van der Waals surface area (Å²) in [7, 11) is 0. The Hall–Kier alpha value is -1.93. The molecule has 0 aliphatic carbocycles. The average molecular weight is 245 g/mol. The number of Topliss-reactive ketones (excluding diaryl/α,β-unsaturated/α-hetero) is 1. The Morgan fingerprint density at radius 3 is 3.12 bits per heavy atom. The third-order valence-corrected chi connectivity index (χ3v) is 3.55. The van der Waals surface area contributed by atoms with Crippen LogP contribution in [0, 0.1) is 17.2 Å². The third-order valence-electron chi connectivity index (χ3n) is 2.44. The van der Waals surface area contributed by atoms with Crippen LogP contribution in [0.1, 0.15) is 23.0 Å². The molecule has 0 aliphatic heterocycles. The quantitative estimate of drug-likeness (QED) is 0.778. The van der Waals surface area contributed by atoms with Gasteiger partial charge in [-0.1, -0.05) is 6.92 Å². The van der Waals surface area contributed by atoms with Gasteiger partial charge in [0.2, 0.25) is 0 Å². The number of hydrogen-bond donors (Lipinski definition) is 0. The molecule has 0 saturated heterocycles. The van der Waals surface area contributed by atoms with E-state index in [-0.39, 0.29) is 18.1 Å². The van der Waals surface area contributed by atoms with Crippen molar-refractivity contribution in [2.24, 2.45) is 5.92 Å². The molecule has 0 bridgehead atoms. The van der Waals surface area contributed by atoms with Gasteiger partial charge in [0, 0.05) is 24.7 Å². The SMILES string of the molecule is CC(CC#N)C(=O)c1ccc(-n2ccnc2)s1. The van der Waals surface area contributed by atoms with Crippen molar-refractivity contribution >= 4 is 17.1 Å². The van der Waals surface area contributed by atoms with Gasteiger partial charge < -0.3 is 0 Å². The highest BCUT2D eigenvalue weighted by Gasteiger charge is 2.17. The maximum Gasteiger partial charge on any atom is 0.176 e. The molecule has 2 heterocycles. The highest BCUT2D eigenvalue weighted by Crippen LogP contribution is 2.23. The summed E-state index contributed by atoms with van der Waals surface area (Å²) in [6.45, 7) is 1.78. The van der Waals surface area contributed by atoms with Crippen LogP contribution in [-0.2, 0) is 0 Å². The van der Waals surface area contributed by atoms with E-state index in [1.54, 1.807) is 25.5 Å². The second-order valence-corrected chi connectivity index (χ2v) is 4.80.